The maximum absolute atomic E-state index is 13.2. The monoisotopic (exact) mass is 406 g/mol. The maximum Gasteiger partial charge on any atom is 0.335 e. The summed E-state index contributed by atoms with van der Waals surface area (Å²) in [5.74, 6) is -2.43. The lowest BCUT2D eigenvalue weighted by atomic mass is 9.67. The molecule has 1 N–H and O–H groups in total. The fourth-order valence-corrected chi connectivity index (χ4v) is 4.45. The second kappa shape index (κ2) is 6.83. The van der Waals surface area contributed by atoms with Crippen LogP contribution in [0.25, 0.3) is 0 Å². The van der Waals surface area contributed by atoms with Crippen LogP contribution in [0.15, 0.2) is 24.3 Å². The fraction of sp³-hybridized carbons (Fsp3) is 0.458. The Balaban J connectivity index is 1.70. The maximum atomic E-state index is 13.2. The molecule has 2 aliphatic rings. The SMILES string of the molecule is CC1(C)CCC(C)(C)c2nc3c(nc21)CCC(C(=O)c1ccc(C(=O)O)cc1)C3=O. The van der Waals surface area contributed by atoms with Gasteiger partial charge in [0.05, 0.1) is 28.6 Å². The number of carbonyl (C=O) groups excluding carboxylic acids is 2. The summed E-state index contributed by atoms with van der Waals surface area (Å²) in [6, 6.07) is 5.71. The fourth-order valence-electron chi connectivity index (χ4n) is 4.45. The van der Waals surface area contributed by atoms with E-state index in [-0.39, 0.29) is 28.0 Å². The lowest BCUT2D eigenvalue weighted by molar-refractivity contribution is 0.0694. The quantitative estimate of drug-likeness (QED) is 0.607. The zero-order chi connectivity index (χ0) is 21.8. The highest BCUT2D eigenvalue weighted by molar-refractivity contribution is 6.16. The van der Waals surface area contributed by atoms with Crippen molar-refractivity contribution in [1.82, 2.24) is 9.97 Å². The number of ketones is 2. The molecule has 2 aliphatic carbocycles. The zero-order valence-corrected chi connectivity index (χ0v) is 17.8. The van der Waals surface area contributed by atoms with Crippen LogP contribution in [-0.4, -0.2) is 32.6 Å². The van der Waals surface area contributed by atoms with Crippen molar-refractivity contribution < 1.29 is 19.5 Å². The molecule has 1 unspecified atom stereocenters. The van der Waals surface area contributed by atoms with E-state index in [0.717, 1.165) is 24.2 Å². The minimum atomic E-state index is -1.05. The van der Waals surface area contributed by atoms with Crippen LogP contribution in [-0.2, 0) is 17.3 Å². The van der Waals surface area contributed by atoms with Crippen LogP contribution in [0.2, 0.25) is 0 Å². The third kappa shape index (κ3) is 3.24. The van der Waals surface area contributed by atoms with Crippen LogP contribution in [0.3, 0.4) is 0 Å². The number of fused-ring (bicyclic) bond motifs is 2. The number of rotatable bonds is 3. The standard InChI is InChI=1S/C24H26N2O4/c1-23(2)11-12-24(3,4)21-20(23)25-16-10-9-15(19(28)17(16)26-21)18(27)13-5-7-14(8-6-13)22(29)30/h5-8,15H,9-12H2,1-4H3,(H,29,30). The van der Waals surface area contributed by atoms with Crippen LogP contribution in [0.5, 0.6) is 0 Å². The van der Waals surface area contributed by atoms with Gasteiger partial charge in [-0.3, -0.25) is 14.6 Å². The predicted octanol–water partition coefficient (Wildman–Crippen LogP) is 4.15. The molecule has 30 heavy (non-hydrogen) atoms. The normalized spacial score (nSPS) is 21.5. The molecule has 0 saturated heterocycles. The van der Waals surface area contributed by atoms with Crippen LogP contribution in [0.4, 0.5) is 0 Å². The van der Waals surface area contributed by atoms with Crippen molar-refractivity contribution in [3.63, 3.8) is 0 Å². The molecular formula is C24H26N2O4. The Hall–Kier alpha value is -2.89. The molecule has 0 radical (unpaired) electrons. The summed E-state index contributed by atoms with van der Waals surface area (Å²) in [5.41, 5.74) is 3.04. The van der Waals surface area contributed by atoms with Crippen molar-refractivity contribution in [3.8, 4) is 0 Å². The minimum Gasteiger partial charge on any atom is -0.478 e. The molecule has 0 bridgehead atoms. The van der Waals surface area contributed by atoms with Gasteiger partial charge in [0.2, 0.25) is 0 Å². The first-order valence-corrected chi connectivity index (χ1v) is 10.3. The Morgan fingerprint density at radius 1 is 0.933 bits per heavy atom. The third-order valence-electron chi connectivity index (χ3n) is 6.58. The van der Waals surface area contributed by atoms with Gasteiger partial charge in [-0.1, -0.05) is 39.8 Å². The van der Waals surface area contributed by atoms with E-state index in [9.17, 15) is 14.4 Å². The van der Waals surface area contributed by atoms with Crippen LogP contribution in [0.1, 0.15) is 95.2 Å². The molecule has 4 rings (SSSR count). The smallest absolute Gasteiger partial charge is 0.335 e. The Morgan fingerprint density at radius 2 is 1.47 bits per heavy atom. The number of aromatic nitrogens is 2. The zero-order valence-electron chi connectivity index (χ0n) is 17.8. The van der Waals surface area contributed by atoms with E-state index in [1.54, 1.807) is 0 Å². The van der Waals surface area contributed by atoms with Gasteiger partial charge in [-0.25, -0.2) is 9.78 Å². The van der Waals surface area contributed by atoms with Gasteiger partial charge in [0.15, 0.2) is 11.6 Å². The summed E-state index contributed by atoms with van der Waals surface area (Å²) < 4.78 is 0. The van der Waals surface area contributed by atoms with Crippen molar-refractivity contribution in [1.29, 1.82) is 0 Å². The topological polar surface area (TPSA) is 97.2 Å². The van der Waals surface area contributed by atoms with Crippen molar-refractivity contribution in [3.05, 3.63) is 58.2 Å². The number of hydrogen-bond donors (Lipinski definition) is 1. The third-order valence-corrected chi connectivity index (χ3v) is 6.58. The average Bonchev–Trinajstić information content (AvgIpc) is 2.71. The number of Topliss-reactive ketones (excluding diaryl/α,β-unsaturated/α-hetero) is 2. The summed E-state index contributed by atoms with van der Waals surface area (Å²) in [7, 11) is 0. The van der Waals surface area contributed by atoms with E-state index in [4.69, 9.17) is 15.1 Å². The number of carbonyl (C=O) groups is 3. The highest BCUT2D eigenvalue weighted by Gasteiger charge is 2.43. The summed E-state index contributed by atoms with van der Waals surface area (Å²) in [5, 5.41) is 9.04. The van der Waals surface area contributed by atoms with E-state index in [0.29, 0.717) is 29.8 Å². The van der Waals surface area contributed by atoms with E-state index in [1.165, 1.54) is 24.3 Å². The molecule has 0 spiro atoms. The highest BCUT2D eigenvalue weighted by atomic mass is 16.4. The van der Waals surface area contributed by atoms with Gasteiger partial charge in [0.1, 0.15) is 5.69 Å². The number of benzene rings is 1. The number of aryl methyl sites for hydroxylation is 1. The Kier molecular flexibility index (Phi) is 4.64. The summed E-state index contributed by atoms with van der Waals surface area (Å²) in [6.07, 6.45) is 2.90. The molecule has 0 aliphatic heterocycles. The van der Waals surface area contributed by atoms with Crippen molar-refractivity contribution in [2.24, 2.45) is 5.92 Å². The molecule has 6 nitrogen and oxygen atoms in total. The summed E-state index contributed by atoms with van der Waals surface area (Å²) >= 11 is 0. The van der Waals surface area contributed by atoms with E-state index < -0.39 is 11.9 Å². The molecule has 1 aromatic carbocycles. The molecule has 6 heteroatoms. The van der Waals surface area contributed by atoms with Gasteiger partial charge in [-0.05, 0) is 37.8 Å². The average molecular weight is 406 g/mol. The minimum absolute atomic E-state index is 0.0888. The first-order chi connectivity index (χ1) is 14.0. The van der Waals surface area contributed by atoms with Crippen molar-refractivity contribution >= 4 is 17.5 Å². The van der Waals surface area contributed by atoms with Gasteiger partial charge >= 0.3 is 5.97 Å². The molecule has 156 valence electrons. The number of aromatic carboxylic acids is 1. The summed E-state index contributed by atoms with van der Waals surface area (Å²) in [6.45, 7) is 8.59. The van der Waals surface area contributed by atoms with Gasteiger partial charge in [-0.15, -0.1) is 0 Å². The Morgan fingerprint density at radius 3 is 2.03 bits per heavy atom. The molecule has 1 heterocycles. The highest BCUT2D eigenvalue weighted by Crippen LogP contribution is 2.44. The molecule has 0 saturated carbocycles. The molecule has 1 aromatic heterocycles. The van der Waals surface area contributed by atoms with Crippen molar-refractivity contribution in [2.75, 3.05) is 0 Å². The second-order valence-electron chi connectivity index (χ2n) is 9.69. The molecular weight excluding hydrogens is 380 g/mol. The van der Waals surface area contributed by atoms with Crippen LogP contribution < -0.4 is 0 Å². The number of carboxylic acids is 1. The first-order valence-electron chi connectivity index (χ1n) is 10.3. The lowest BCUT2D eigenvalue weighted by Gasteiger charge is -2.40. The second-order valence-corrected chi connectivity index (χ2v) is 9.69. The number of carboxylic acid groups (broad SMARTS) is 1. The molecule has 2 aromatic rings. The molecule has 0 amide bonds. The Labute approximate surface area is 175 Å². The van der Waals surface area contributed by atoms with E-state index in [1.807, 2.05) is 0 Å². The van der Waals surface area contributed by atoms with Gasteiger partial charge < -0.3 is 5.11 Å². The van der Waals surface area contributed by atoms with Gasteiger partial charge in [-0.2, -0.15) is 0 Å². The lowest BCUT2D eigenvalue weighted by Crippen LogP contribution is -2.39. The summed E-state index contributed by atoms with van der Waals surface area (Å²) in [4.78, 5) is 47.0. The van der Waals surface area contributed by atoms with Crippen LogP contribution >= 0.6 is 0 Å². The van der Waals surface area contributed by atoms with Crippen molar-refractivity contribution in [2.45, 2.75) is 64.2 Å². The van der Waals surface area contributed by atoms with Gasteiger partial charge in [0, 0.05) is 16.4 Å². The van der Waals surface area contributed by atoms with Crippen LogP contribution in [0, 0.1) is 5.92 Å². The first kappa shape index (κ1) is 20.4. The molecule has 0 fully saturated rings. The Bertz CT molecular complexity index is 1070. The van der Waals surface area contributed by atoms with E-state index >= 15 is 0 Å². The number of hydrogen-bond acceptors (Lipinski definition) is 5. The molecule has 1 atom stereocenters. The van der Waals surface area contributed by atoms with E-state index in [2.05, 4.69) is 27.7 Å². The van der Waals surface area contributed by atoms with Gasteiger partial charge in [0.25, 0.3) is 0 Å². The predicted molar refractivity (Wildman–Crippen MR) is 111 cm³/mol. The number of nitrogens with zero attached hydrogens (tertiary/aromatic N) is 2. The largest absolute Gasteiger partial charge is 0.478 e.